The molecular formula is C17H27BrN2. The third-order valence-corrected chi connectivity index (χ3v) is 4.76. The van der Waals surface area contributed by atoms with Crippen molar-refractivity contribution in [3.8, 4) is 0 Å². The van der Waals surface area contributed by atoms with Crippen LogP contribution in [0.3, 0.4) is 0 Å². The molecule has 2 nitrogen and oxygen atoms in total. The molecular weight excluding hydrogens is 312 g/mol. The van der Waals surface area contributed by atoms with Crippen LogP contribution in [0.1, 0.15) is 47.0 Å². The number of nitrogens with two attached hydrogens (primary N) is 1. The molecule has 1 saturated carbocycles. The smallest absolute Gasteiger partial charge is 0.0505 e. The number of nitrogens with one attached hydrogen (secondary N) is 1. The second-order valence-corrected chi connectivity index (χ2v) is 8.89. The molecule has 20 heavy (non-hydrogen) atoms. The van der Waals surface area contributed by atoms with Crippen molar-refractivity contribution in [1.82, 2.24) is 0 Å². The SMILES string of the molecule is CC1(C)CC(C)(C)CC(CN)(Nc2ccc(Br)cc2)C1. The average Bonchev–Trinajstić information content (AvgIpc) is 2.28. The molecule has 2 rings (SSSR count). The van der Waals surface area contributed by atoms with E-state index in [1.807, 2.05) is 0 Å². The van der Waals surface area contributed by atoms with E-state index in [0.717, 1.165) is 23.0 Å². The molecule has 1 aliphatic rings. The van der Waals surface area contributed by atoms with Crippen LogP contribution in [0.2, 0.25) is 0 Å². The molecule has 0 aliphatic heterocycles. The van der Waals surface area contributed by atoms with Crippen LogP contribution in [0.5, 0.6) is 0 Å². The third-order valence-electron chi connectivity index (χ3n) is 4.24. The highest BCUT2D eigenvalue weighted by atomic mass is 79.9. The molecule has 1 fully saturated rings. The van der Waals surface area contributed by atoms with E-state index in [-0.39, 0.29) is 5.54 Å². The molecule has 1 aliphatic carbocycles. The highest BCUT2D eigenvalue weighted by molar-refractivity contribution is 9.10. The summed E-state index contributed by atoms with van der Waals surface area (Å²) in [6, 6.07) is 8.39. The highest BCUT2D eigenvalue weighted by Gasteiger charge is 2.46. The second kappa shape index (κ2) is 5.34. The lowest BCUT2D eigenvalue weighted by Crippen LogP contribution is -2.55. The predicted octanol–water partition coefficient (Wildman–Crippen LogP) is 4.79. The van der Waals surface area contributed by atoms with Crippen molar-refractivity contribution in [3.05, 3.63) is 28.7 Å². The second-order valence-electron chi connectivity index (χ2n) is 7.98. The summed E-state index contributed by atoms with van der Waals surface area (Å²) in [5.41, 5.74) is 7.99. The summed E-state index contributed by atoms with van der Waals surface area (Å²) < 4.78 is 1.11. The van der Waals surface area contributed by atoms with Gasteiger partial charge in [-0.05, 0) is 54.4 Å². The van der Waals surface area contributed by atoms with Gasteiger partial charge < -0.3 is 11.1 Å². The van der Waals surface area contributed by atoms with Crippen LogP contribution in [0.25, 0.3) is 0 Å². The molecule has 1 aromatic carbocycles. The van der Waals surface area contributed by atoms with Gasteiger partial charge in [0.05, 0.1) is 5.54 Å². The molecule has 0 bridgehead atoms. The summed E-state index contributed by atoms with van der Waals surface area (Å²) in [6.07, 6.45) is 3.50. The van der Waals surface area contributed by atoms with E-state index in [0.29, 0.717) is 17.4 Å². The summed E-state index contributed by atoms with van der Waals surface area (Å²) in [6.45, 7) is 10.1. The fourth-order valence-corrected chi connectivity index (χ4v) is 4.70. The minimum absolute atomic E-state index is 0.000913. The lowest BCUT2D eigenvalue weighted by atomic mass is 9.58. The minimum atomic E-state index is -0.000913. The van der Waals surface area contributed by atoms with E-state index in [4.69, 9.17) is 5.73 Å². The quantitative estimate of drug-likeness (QED) is 0.830. The Morgan fingerprint density at radius 1 is 1.00 bits per heavy atom. The van der Waals surface area contributed by atoms with E-state index in [1.54, 1.807) is 0 Å². The number of benzene rings is 1. The summed E-state index contributed by atoms with van der Waals surface area (Å²) >= 11 is 3.48. The molecule has 0 heterocycles. The standard InChI is InChI=1S/C17H27BrN2/c1-15(2)9-16(3,4)11-17(10-15,12-19)20-14-7-5-13(18)6-8-14/h5-8,20H,9-12,19H2,1-4H3. The van der Waals surface area contributed by atoms with Crippen LogP contribution in [0, 0.1) is 10.8 Å². The third kappa shape index (κ3) is 3.76. The van der Waals surface area contributed by atoms with E-state index >= 15 is 0 Å². The van der Waals surface area contributed by atoms with Gasteiger partial charge in [-0.2, -0.15) is 0 Å². The normalized spacial score (nSPS) is 23.3. The van der Waals surface area contributed by atoms with Gasteiger partial charge >= 0.3 is 0 Å². The zero-order chi connectivity index (χ0) is 15.0. The maximum atomic E-state index is 6.19. The summed E-state index contributed by atoms with van der Waals surface area (Å²) in [5.74, 6) is 0. The molecule has 0 aromatic heterocycles. The lowest BCUT2D eigenvalue weighted by molar-refractivity contribution is 0.0623. The van der Waals surface area contributed by atoms with E-state index < -0.39 is 0 Å². The monoisotopic (exact) mass is 338 g/mol. The van der Waals surface area contributed by atoms with Gasteiger partial charge in [0.15, 0.2) is 0 Å². The largest absolute Gasteiger partial charge is 0.378 e. The van der Waals surface area contributed by atoms with Gasteiger partial charge in [0, 0.05) is 16.7 Å². The zero-order valence-corrected chi connectivity index (χ0v) is 14.7. The maximum absolute atomic E-state index is 6.19. The van der Waals surface area contributed by atoms with Gasteiger partial charge in [0.2, 0.25) is 0 Å². The van der Waals surface area contributed by atoms with E-state index in [1.165, 1.54) is 6.42 Å². The lowest BCUT2D eigenvalue weighted by Gasteiger charge is -2.52. The van der Waals surface area contributed by atoms with E-state index in [9.17, 15) is 0 Å². The summed E-state index contributed by atoms with van der Waals surface area (Å²) in [4.78, 5) is 0. The number of anilines is 1. The molecule has 0 atom stereocenters. The molecule has 0 unspecified atom stereocenters. The molecule has 0 amide bonds. The zero-order valence-electron chi connectivity index (χ0n) is 13.1. The van der Waals surface area contributed by atoms with Crippen molar-refractivity contribution < 1.29 is 0 Å². The van der Waals surface area contributed by atoms with Crippen LogP contribution in [-0.4, -0.2) is 12.1 Å². The fraction of sp³-hybridized carbons (Fsp3) is 0.647. The van der Waals surface area contributed by atoms with Crippen molar-refractivity contribution >= 4 is 21.6 Å². The average molecular weight is 339 g/mol. The van der Waals surface area contributed by atoms with Crippen LogP contribution >= 0.6 is 15.9 Å². The van der Waals surface area contributed by atoms with Crippen LogP contribution in [0.4, 0.5) is 5.69 Å². The van der Waals surface area contributed by atoms with Crippen LogP contribution < -0.4 is 11.1 Å². The van der Waals surface area contributed by atoms with Gasteiger partial charge in [-0.3, -0.25) is 0 Å². The Hall–Kier alpha value is -0.540. The number of hydrogen-bond donors (Lipinski definition) is 2. The van der Waals surface area contributed by atoms with Crippen LogP contribution in [0.15, 0.2) is 28.7 Å². The molecule has 0 saturated heterocycles. The van der Waals surface area contributed by atoms with Gasteiger partial charge in [-0.1, -0.05) is 43.6 Å². The van der Waals surface area contributed by atoms with Gasteiger partial charge in [-0.15, -0.1) is 0 Å². The van der Waals surface area contributed by atoms with Crippen molar-refractivity contribution in [3.63, 3.8) is 0 Å². The first-order chi connectivity index (χ1) is 9.15. The number of halogens is 1. The first-order valence-electron chi connectivity index (χ1n) is 7.39. The first-order valence-corrected chi connectivity index (χ1v) is 8.19. The topological polar surface area (TPSA) is 38.0 Å². The number of hydrogen-bond acceptors (Lipinski definition) is 2. The van der Waals surface area contributed by atoms with Crippen molar-refractivity contribution in [2.24, 2.45) is 16.6 Å². The molecule has 3 N–H and O–H groups in total. The highest BCUT2D eigenvalue weighted by Crippen LogP contribution is 2.50. The maximum Gasteiger partial charge on any atom is 0.0505 e. The van der Waals surface area contributed by atoms with Crippen molar-refractivity contribution in [1.29, 1.82) is 0 Å². The molecule has 3 heteroatoms. The molecule has 1 aromatic rings. The fourth-order valence-electron chi connectivity index (χ4n) is 4.44. The minimum Gasteiger partial charge on any atom is -0.378 e. The number of rotatable bonds is 3. The molecule has 112 valence electrons. The van der Waals surface area contributed by atoms with Crippen LogP contribution in [-0.2, 0) is 0 Å². The Labute approximate surface area is 131 Å². The Morgan fingerprint density at radius 2 is 1.50 bits per heavy atom. The molecule has 0 radical (unpaired) electrons. The molecule has 0 spiro atoms. The Morgan fingerprint density at radius 3 is 1.95 bits per heavy atom. The summed E-state index contributed by atoms with van der Waals surface area (Å²) in [7, 11) is 0. The Bertz CT molecular complexity index is 446. The van der Waals surface area contributed by atoms with Gasteiger partial charge in [0.1, 0.15) is 0 Å². The first kappa shape index (κ1) is 15.8. The van der Waals surface area contributed by atoms with E-state index in [2.05, 4.69) is 73.2 Å². The Balaban J connectivity index is 2.26. The van der Waals surface area contributed by atoms with Gasteiger partial charge in [0.25, 0.3) is 0 Å². The van der Waals surface area contributed by atoms with Crippen molar-refractivity contribution in [2.75, 3.05) is 11.9 Å². The van der Waals surface area contributed by atoms with Crippen molar-refractivity contribution in [2.45, 2.75) is 52.5 Å². The van der Waals surface area contributed by atoms with Gasteiger partial charge in [-0.25, -0.2) is 0 Å². The summed E-state index contributed by atoms with van der Waals surface area (Å²) in [5, 5.41) is 3.74. The Kier molecular flexibility index (Phi) is 4.23. The predicted molar refractivity (Wildman–Crippen MR) is 91.0 cm³/mol.